The molecule has 0 bridgehead atoms. The van der Waals surface area contributed by atoms with E-state index in [1.165, 1.54) is 0 Å². The second kappa shape index (κ2) is 4.06. The molecule has 1 fully saturated rings. The van der Waals surface area contributed by atoms with Gasteiger partial charge >= 0.3 is 0 Å². The van der Waals surface area contributed by atoms with Crippen LogP contribution in [-0.2, 0) is 0 Å². The van der Waals surface area contributed by atoms with Crippen molar-refractivity contribution in [1.82, 2.24) is 9.88 Å². The van der Waals surface area contributed by atoms with Gasteiger partial charge in [-0.2, -0.15) is 0 Å². The summed E-state index contributed by atoms with van der Waals surface area (Å²) in [5, 5.41) is 0. The van der Waals surface area contributed by atoms with Crippen LogP contribution in [0.4, 0.5) is 0 Å². The first-order valence-corrected chi connectivity index (χ1v) is 5.36. The Labute approximate surface area is 89.5 Å². The number of nitrogens with two attached hydrogens (primary N) is 1. The number of amides is 1. The van der Waals surface area contributed by atoms with Gasteiger partial charge in [0.1, 0.15) is 0 Å². The fourth-order valence-electron chi connectivity index (χ4n) is 2.04. The molecule has 1 atom stereocenters. The predicted molar refractivity (Wildman–Crippen MR) is 58.6 cm³/mol. The van der Waals surface area contributed by atoms with Gasteiger partial charge in [0.25, 0.3) is 5.91 Å². The molecule has 2 heterocycles. The van der Waals surface area contributed by atoms with E-state index in [-0.39, 0.29) is 11.9 Å². The van der Waals surface area contributed by atoms with Crippen molar-refractivity contribution in [1.29, 1.82) is 0 Å². The van der Waals surface area contributed by atoms with Gasteiger partial charge in [-0.1, -0.05) is 0 Å². The zero-order chi connectivity index (χ0) is 10.8. The highest BCUT2D eigenvalue weighted by molar-refractivity contribution is 5.95. The molecule has 1 aromatic heterocycles. The van der Waals surface area contributed by atoms with Crippen LogP contribution in [0.3, 0.4) is 0 Å². The Bertz CT molecular complexity index is 358. The molecule has 0 aliphatic carbocycles. The van der Waals surface area contributed by atoms with Crippen molar-refractivity contribution in [3.8, 4) is 0 Å². The second-order valence-electron chi connectivity index (χ2n) is 4.21. The van der Waals surface area contributed by atoms with Crippen LogP contribution in [-0.4, -0.2) is 34.9 Å². The number of likely N-dealkylation sites (tertiary alicyclic amines) is 1. The SMILES string of the molecule is Cc1c[nH]cc1C(=O)N1CCCC(N)C1. The summed E-state index contributed by atoms with van der Waals surface area (Å²) in [6, 6.07) is 0.141. The summed E-state index contributed by atoms with van der Waals surface area (Å²) in [4.78, 5) is 16.9. The molecular formula is C11H17N3O. The lowest BCUT2D eigenvalue weighted by Crippen LogP contribution is -2.45. The van der Waals surface area contributed by atoms with Gasteiger partial charge in [0, 0.05) is 31.5 Å². The van der Waals surface area contributed by atoms with Gasteiger partial charge in [0.15, 0.2) is 0 Å². The van der Waals surface area contributed by atoms with Crippen molar-refractivity contribution in [3.05, 3.63) is 23.5 Å². The molecule has 1 unspecified atom stereocenters. The van der Waals surface area contributed by atoms with Crippen molar-refractivity contribution < 1.29 is 4.79 Å². The first-order chi connectivity index (χ1) is 7.18. The zero-order valence-electron chi connectivity index (χ0n) is 8.99. The molecule has 82 valence electrons. The number of nitrogens with zero attached hydrogens (tertiary/aromatic N) is 1. The number of hydrogen-bond donors (Lipinski definition) is 2. The summed E-state index contributed by atoms with van der Waals surface area (Å²) in [6.07, 6.45) is 5.64. The van der Waals surface area contributed by atoms with Gasteiger partial charge in [-0.3, -0.25) is 4.79 Å². The molecule has 0 saturated carbocycles. The number of aryl methyl sites for hydroxylation is 1. The molecule has 4 nitrogen and oxygen atoms in total. The van der Waals surface area contributed by atoms with Crippen molar-refractivity contribution in [3.63, 3.8) is 0 Å². The summed E-state index contributed by atoms with van der Waals surface area (Å²) in [5.74, 6) is 0.101. The first-order valence-electron chi connectivity index (χ1n) is 5.36. The molecular weight excluding hydrogens is 190 g/mol. The maximum absolute atomic E-state index is 12.1. The topological polar surface area (TPSA) is 62.1 Å². The summed E-state index contributed by atoms with van der Waals surface area (Å²) < 4.78 is 0. The lowest BCUT2D eigenvalue weighted by Gasteiger charge is -2.30. The lowest BCUT2D eigenvalue weighted by molar-refractivity contribution is 0.0708. The third kappa shape index (κ3) is 2.04. The number of carbonyl (C=O) groups excluding carboxylic acids is 1. The fraction of sp³-hybridized carbons (Fsp3) is 0.545. The molecule has 15 heavy (non-hydrogen) atoms. The van der Waals surface area contributed by atoms with Gasteiger partial charge in [0.05, 0.1) is 5.56 Å². The normalized spacial score (nSPS) is 21.7. The molecule has 1 aromatic rings. The van der Waals surface area contributed by atoms with Crippen LogP contribution in [0.5, 0.6) is 0 Å². The van der Waals surface area contributed by atoms with E-state index in [1.807, 2.05) is 18.0 Å². The number of H-pyrrole nitrogens is 1. The number of piperidine rings is 1. The number of aromatic amines is 1. The number of rotatable bonds is 1. The quantitative estimate of drug-likeness (QED) is 0.718. The summed E-state index contributed by atoms with van der Waals surface area (Å²) in [7, 11) is 0. The number of carbonyl (C=O) groups is 1. The van der Waals surface area contributed by atoms with Crippen LogP contribution >= 0.6 is 0 Å². The second-order valence-corrected chi connectivity index (χ2v) is 4.21. The predicted octanol–water partition coefficient (Wildman–Crippen LogP) is 0.886. The zero-order valence-corrected chi connectivity index (χ0v) is 8.99. The van der Waals surface area contributed by atoms with Crippen molar-refractivity contribution in [2.24, 2.45) is 5.73 Å². The van der Waals surface area contributed by atoms with Gasteiger partial charge in [0.2, 0.25) is 0 Å². The van der Waals surface area contributed by atoms with Gasteiger partial charge in [-0.15, -0.1) is 0 Å². The minimum atomic E-state index is 0.101. The van der Waals surface area contributed by atoms with E-state index in [1.54, 1.807) is 6.20 Å². The monoisotopic (exact) mass is 207 g/mol. The molecule has 2 rings (SSSR count). The van der Waals surface area contributed by atoms with E-state index >= 15 is 0 Å². The Morgan fingerprint density at radius 1 is 1.60 bits per heavy atom. The van der Waals surface area contributed by atoms with E-state index in [0.29, 0.717) is 6.54 Å². The highest BCUT2D eigenvalue weighted by atomic mass is 16.2. The third-order valence-electron chi connectivity index (χ3n) is 2.93. The van der Waals surface area contributed by atoms with E-state index < -0.39 is 0 Å². The molecule has 4 heteroatoms. The van der Waals surface area contributed by atoms with Crippen LogP contribution in [0.25, 0.3) is 0 Å². The standard InChI is InChI=1S/C11H17N3O/c1-8-5-13-6-10(8)11(15)14-4-2-3-9(12)7-14/h5-6,9,13H,2-4,7,12H2,1H3. The molecule has 1 saturated heterocycles. The Balaban J connectivity index is 2.11. The number of hydrogen-bond acceptors (Lipinski definition) is 2. The van der Waals surface area contributed by atoms with Crippen LogP contribution in [0.15, 0.2) is 12.4 Å². The van der Waals surface area contributed by atoms with E-state index in [9.17, 15) is 4.79 Å². The van der Waals surface area contributed by atoms with E-state index in [2.05, 4.69) is 4.98 Å². The average molecular weight is 207 g/mol. The third-order valence-corrected chi connectivity index (χ3v) is 2.93. The summed E-state index contributed by atoms with van der Waals surface area (Å²) >= 11 is 0. The smallest absolute Gasteiger partial charge is 0.255 e. The van der Waals surface area contributed by atoms with E-state index in [4.69, 9.17) is 5.73 Å². The molecule has 0 radical (unpaired) electrons. The molecule has 0 spiro atoms. The average Bonchev–Trinajstić information content (AvgIpc) is 2.63. The lowest BCUT2D eigenvalue weighted by atomic mass is 10.1. The van der Waals surface area contributed by atoms with E-state index in [0.717, 1.165) is 30.5 Å². The minimum Gasteiger partial charge on any atom is -0.367 e. The highest BCUT2D eigenvalue weighted by Crippen LogP contribution is 2.14. The molecule has 0 aromatic carbocycles. The first kappa shape index (κ1) is 10.2. The summed E-state index contributed by atoms with van der Waals surface area (Å²) in [6.45, 7) is 3.45. The van der Waals surface area contributed by atoms with Gasteiger partial charge in [-0.25, -0.2) is 0 Å². The fourth-order valence-corrected chi connectivity index (χ4v) is 2.04. The van der Waals surface area contributed by atoms with Crippen LogP contribution in [0.2, 0.25) is 0 Å². The van der Waals surface area contributed by atoms with Crippen LogP contribution in [0, 0.1) is 6.92 Å². The maximum atomic E-state index is 12.1. The Kier molecular flexibility index (Phi) is 2.77. The molecule has 1 aliphatic rings. The van der Waals surface area contributed by atoms with Gasteiger partial charge in [-0.05, 0) is 25.3 Å². The molecule has 1 amide bonds. The van der Waals surface area contributed by atoms with Crippen LogP contribution in [0.1, 0.15) is 28.8 Å². The number of aromatic nitrogens is 1. The van der Waals surface area contributed by atoms with Crippen molar-refractivity contribution in [2.45, 2.75) is 25.8 Å². The Hall–Kier alpha value is -1.29. The largest absolute Gasteiger partial charge is 0.367 e. The minimum absolute atomic E-state index is 0.101. The molecule has 1 aliphatic heterocycles. The summed E-state index contributed by atoms with van der Waals surface area (Å²) in [5.41, 5.74) is 7.62. The van der Waals surface area contributed by atoms with Crippen LogP contribution < -0.4 is 5.73 Å². The number of nitrogens with one attached hydrogen (secondary N) is 1. The van der Waals surface area contributed by atoms with Gasteiger partial charge < -0.3 is 15.6 Å². The highest BCUT2D eigenvalue weighted by Gasteiger charge is 2.23. The van der Waals surface area contributed by atoms with Crippen molar-refractivity contribution in [2.75, 3.05) is 13.1 Å². The Morgan fingerprint density at radius 2 is 2.40 bits per heavy atom. The maximum Gasteiger partial charge on any atom is 0.255 e. The molecule has 3 N–H and O–H groups in total. The van der Waals surface area contributed by atoms with Crippen molar-refractivity contribution >= 4 is 5.91 Å². The Morgan fingerprint density at radius 3 is 3.00 bits per heavy atom.